The molecular weight excluding hydrogens is 336 g/mol. The smallest absolute Gasteiger partial charge is 0.303 e. The fourth-order valence-electron chi connectivity index (χ4n) is 3.33. The summed E-state index contributed by atoms with van der Waals surface area (Å²) in [6, 6.07) is 7.58. The van der Waals surface area contributed by atoms with Gasteiger partial charge in [0.2, 0.25) is 0 Å². The molecule has 0 aliphatic carbocycles. The normalized spacial score (nSPS) is 17.5. The fraction of sp³-hybridized carbons (Fsp3) is 0.421. The van der Waals surface area contributed by atoms with Crippen molar-refractivity contribution in [3.05, 3.63) is 40.2 Å². The number of carbonyl (C=O) groups excluding carboxylic acids is 1. The van der Waals surface area contributed by atoms with Crippen molar-refractivity contribution in [2.75, 3.05) is 6.54 Å². The maximum atomic E-state index is 13.0. The van der Waals surface area contributed by atoms with E-state index in [0.29, 0.717) is 18.5 Å². The molecule has 3 rings (SSSR count). The number of aryl methyl sites for hydroxylation is 1. The topological polar surface area (TPSA) is 70.5 Å². The van der Waals surface area contributed by atoms with E-state index in [4.69, 9.17) is 5.11 Å². The number of hydrogen-bond donors (Lipinski definition) is 1. The number of carboxylic acid groups (broad SMARTS) is 1. The van der Waals surface area contributed by atoms with Crippen LogP contribution in [-0.4, -0.2) is 39.5 Å². The van der Waals surface area contributed by atoms with Crippen molar-refractivity contribution in [1.82, 2.24) is 9.88 Å². The molecular formula is C19H22N2O3S. The second-order valence-corrected chi connectivity index (χ2v) is 7.48. The van der Waals surface area contributed by atoms with Crippen LogP contribution >= 0.6 is 11.3 Å². The average molecular weight is 358 g/mol. The summed E-state index contributed by atoms with van der Waals surface area (Å²) in [7, 11) is 0. The molecule has 1 aliphatic rings. The molecule has 1 fully saturated rings. The number of rotatable bonds is 5. The molecule has 1 atom stereocenters. The number of aromatic nitrogens is 1. The van der Waals surface area contributed by atoms with E-state index in [9.17, 15) is 9.59 Å². The van der Waals surface area contributed by atoms with Crippen LogP contribution < -0.4 is 0 Å². The molecule has 2 heterocycles. The number of aliphatic carboxylic acids is 1. The third-order valence-corrected chi connectivity index (χ3v) is 5.38. The van der Waals surface area contributed by atoms with Gasteiger partial charge in [0, 0.05) is 35.5 Å². The molecule has 132 valence electrons. The number of piperidine rings is 1. The lowest BCUT2D eigenvalue weighted by Crippen LogP contribution is -2.44. The molecule has 0 spiro atoms. The molecule has 2 aromatic rings. The van der Waals surface area contributed by atoms with Gasteiger partial charge in [-0.05, 0) is 44.7 Å². The Balaban J connectivity index is 1.80. The third kappa shape index (κ3) is 4.25. The van der Waals surface area contributed by atoms with E-state index in [2.05, 4.69) is 4.98 Å². The number of nitrogens with zero attached hydrogens (tertiary/aromatic N) is 2. The van der Waals surface area contributed by atoms with Gasteiger partial charge >= 0.3 is 5.97 Å². The van der Waals surface area contributed by atoms with Gasteiger partial charge in [-0.1, -0.05) is 12.1 Å². The summed E-state index contributed by atoms with van der Waals surface area (Å²) in [6.07, 6.45) is 3.52. The molecule has 1 saturated heterocycles. The van der Waals surface area contributed by atoms with Gasteiger partial charge in [0.15, 0.2) is 0 Å². The van der Waals surface area contributed by atoms with Crippen molar-refractivity contribution in [3.63, 3.8) is 0 Å². The SMILES string of the molecule is Cc1nc(-c2cccc(C(=O)N3CCCCC3CCC(=O)O)c2)cs1. The lowest BCUT2D eigenvalue weighted by Gasteiger charge is -2.35. The number of likely N-dealkylation sites (tertiary alicyclic amines) is 1. The number of carbonyl (C=O) groups is 2. The maximum absolute atomic E-state index is 13.0. The molecule has 0 radical (unpaired) electrons. The van der Waals surface area contributed by atoms with Gasteiger partial charge in [-0.2, -0.15) is 0 Å². The molecule has 5 nitrogen and oxygen atoms in total. The second kappa shape index (κ2) is 7.78. The number of thiazole rings is 1. The van der Waals surface area contributed by atoms with Crippen LogP contribution in [0.3, 0.4) is 0 Å². The highest BCUT2D eigenvalue weighted by Crippen LogP contribution is 2.26. The fourth-order valence-corrected chi connectivity index (χ4v) is 3.95. The molecule has 1 amide bonds. The standard InChI is InChI=1S/C19H22N2O3S/c1-13-20-17(12-25-13)14-5-4-6-15(11-14)19(24)21-10-3-2-7-16(21)8-9-18(22)23/h4-6,11-12,16H,2-3,7-10H2,1H3,(H,22,23). The quantitative estimate of drug-likeness (QED) is 0.878. The van der Waals surface area contributed by atoms with E-state index in [1.807, 2.05) is 41.5 Å². The molecule has 1 aromatic carbocycles. The number of carboxylic acids is 1. The van der Waals surface area contributed by atoms with Crippen LogP contribution in [0, 0.1) is 6.92 Å². The van der Waals surface area contributed by atoms with Gasteiger partial charge in [-0.15, -0.1) is 11.3 Å². The van der Waals surface area contributed by atoms with E-state index < -0.39 is 5.97 Å². The number of amides is 1. The van der Waals surface area contributed by atoms with Gasteiger partial charge in [0.05, 0.1) is 10.7 Å². The maximum Gasteiger partial charge on any atom is 0.303 e. The molecule has 6 heteroatoms. The first-order chi connectivity index (χ1) is 12.0. The Morgan fingerprint density at radius 3 is 2.92 bits per heavy atom. The molecule has 1 aliphatic heterocycles. The lowest BCUT2D eigenvalue weighted by atomic mass is 9.96. The predicted octanol–water partition coefficient (Wildman–Crippen LogP) is 3.98. The summed E-state index contributed by atoms with van der Waals surface area (Å²) in [5.41, 5.74) is 2.47. The zero-order chi connectivity index (χ0) is 17.8. The van der Waals surface area contributed by atoms with Crippen molar-refractivity contribution < 1.29 is 14.7 Å². The van der Waals surface area contributed by atoms with E-state index in [1.54, 1.807) is 11.3 Å². The summed E-state index contributed by atoms with van der Waals surface area (Å²) < 4.78 is 0. The van der Waals surface area contributed by atoms with Crippen molar-refractivity contribution in [3.8, 4) is 11.3 Å². The Bertz CT molecular complexity index is 772. The largest absolute Gasteiger partial charge is 0.481 e. The molecule has 0 saturated carbocycles. The molecule has 1 aromatic heterocycles. The third-order valence-electron chi connectivity index (χ3n) is 4.60. The summed E-state index contributed by atoms with van der Waals surface area (Å²) in [4.78, 5) is 30.2. The van der Waals surface area contributed by atoms with E-state index in [-0.39, 0.29) is 18.4 Å². The van der Waals surface area contributed by atoms with Gasteiger partial charge < -0.3 is 10.0 Å². The second-order valence-electron chi connectivity index (χ2n) is 6.41. The minimum atomic E-state index is -0.807. The Labute approximate surface area is 151 Å². The summed E-state index contributed by atoms with van der Waals surface area (Å²) in [6.45, 7) is 2.66. The van der Waals surface area contributed by atoms with Gasteiger partial charge in [-0.25, -0.2) is 4.98 Å². The van der Waals surface area contributed by atoms with Crippen LogP contribution in [0.4, 0.5) is 0 Å². The van der Waals surface area contributed by atoms with Crippen LogP contribution in [0.25, 0.3) is 11.3 Å². The zero-order valence-corrected chi connectivity index (χ0v) is 15.1. The van der Waals surface area contributed by atoms with E-state index >= 15 is 0 Å². The lowest BCUT2D eigenvalue weighted by molar-refractivity contribution is -0.137. The van der Waals surface area contributed by atoms with Crippen molar-refractivity contribution >= 4 is 23.2 Å². The highest BCUT2D eigenvalue weighted by atomic mass is 32.1. The zero-order valence-electron chi connectivity index (χ0n) is 14.3. The highest BCUT2D eigenvalue weighted by Gasteiger charge is 2.28. The van der Waals surface area contributed by atoms with Crippen molar-refractivity contribution in [2.45, 2.75) is 45.1 Å². The first kappa shape index (κ1) is 17.6. The van der Waals surface area contributed by atoms with Gasteiger partial charge in [0.25, 0.3) is 5.91 Å². The van der Waals surface area contributed by atoms with Gasteiger partial charge in [0.1, 0.15) is 0 Å². The van der Waals surface area contributed by atoms with Crippen LogP contribution in [0.15, 0.2) is 29.6 Å². The van der Waals surface area contributed by atoms with Crippen LogP contribution in [0.5, 0.6) is 0 Å². The number of benzene rings is 1. The summed E-state index contributed by atoms with van der Waals surface area (Å²) in [5.74, 6) is -0.817. The molecule has 0 bridgehead atoms. The Morgan fingerprint density at radius 1 is 1.36 bits per heavy atom. The summed E-state index contributed by atoms with van der Waals surface area (Å²) in [5, 5.41) is 11.9. The first-order valence-corrected chi connectivity index (χ1v) is 9.48. The van der Waals surface area contributed by atoms with Crippen LogP contribution in [0.2, 0.25) is 0 Å². The Kier molecular flexibility index (Phi) is 5.48. The molecule has 1 N–H and O–H groups in total. The average Bonchev–Trinajstić information content (AvgIpc) is 3.06. The van der Waals surface area contributed by atoms with E-state index in [0.717, 1.165) is 35.5 Å². The van der Waals surface area contributed by atoms with Crippen molar-refractivity contribution in [1.29, 1.82) is 0 Å². The van der Waals surface area contributed by atoms with Gasteiger partial charge in [-0.3, -0.25) is 9.59 Å². The molecule has 1 unspecified atom stereocenters. The predicted molar refractivity (Wildman–Crippen MR) is 97.8 cm³/mol. The van der Waals surface area contributed by atoms with Crippen LogP contribution in [-0.2, 0) is 4.79 Å². The minimum absolute atomic E-state index is 0.0103. The Morgan fingerprint density at radius 2 is 2.20 bits per heavy atom. The van der Waals surface area contributed by atoms with Crippen LogP contribution in [0.1, 0.15) is 47.5 Å². The first-order valence-electron chi connectivity index (χ1n) is 8.60. The summed E-state index contributed by atoms with van der Waals surface area (Å²) >= 11 is 1.59. The number of hydrogen-bond acceptors (Lipinski definition) is 4. The minimum Gasteiger partial charge on any atom is -0.481 e. The monoisotopic (exact) mass is 358 g/mol. The highest BCUT2D eigenvalue weighted by molar-refractivity contribution is 7.09. The van der Waals surface area contributed by atoms with E-state index in [1.165, 1.54) is 0 Å². The Hall–Kier alpha value is -2.21. The van der Waals surface area contributed by atoms with Crippen molar-refractivity contribution in [2.24, 2.45) is 0 Å². The molecule has 25 heavy (non-hydrogen) atoms.